The number of hydrogen-bond acceptors (Lipinski definition) is 3. The predicted octanol–water partition coefficient (Wildman–Crippen LogP) is 4.22. The number of carboxylic acid groups (broad SMARTS) is 1. The molecule has 0 bridgehead atoms. The lowest BCUT2D eigenvalue weighted by Crippen LogP contribution is -2.41. The summed E-state index contributed by atoms with van der Waals surface area (Å²) in [6.45, 7) is 2.09. The number of fused-ring (bicyclic) bond motifs is 1. The van der Waals surface area contributed by atoms with Gasteiger partial charge >= 0.3 is 5.97 Å². The summed E-state index contributed by atoms with van der Waals surface area (Å²) in [7, 11) is 0. The molecule has 0 fully saturated rings. The maximum Gasteiger partial charge on any atom is 0.326 e. The molecule has 6 heteroatoms. The van der Waals surface area contributed by atoms with Crippen molar-refractivity contribution in [1.29, 1.82) is 0 Å². The third kappa shape index (κ3) is 5.82. The van der Waals surface area contributed by atoms with Crippen molar-refractivity contribution in [2.24, 2.45) is 0 Å². The molecule has 0 aliphatic carbocycles. The van der Waals surface area contributed by atoms with Gasteiger partial charge in [-0.3, -0.25) is 4.79 Å². The molecule has 3 rings (SSSR count). The van der Waals surface area contributed by atoms with Crippen molar-refractivity contribution in [2.75, 3.05) is 11.9 Å². The van der Waals surface area contributed by atoms with Crippen molar-refractivity contribution in [3.05, 3.63) is 77.6 Å². The molecule has 0 saturated heterocycles. The quantitative estimate of drug-likeness (QED) is 0.514. The van der Waals surface area contributed by atoms with E-state index in [2.05, 4.69) is 23.5 Å². The van der Waals surface area contributed by atoms with Crippen LogP contribution >= 0.6 is 0 Å². The number of aryl methyl sites for hydroxylation is 1. The van der Waals surface area contributed by atoms with E-state index in [4.69, 9.17) is 0 Å². The average molecular weight is 406 g/mol. The van der Waals surface area contributed by atoms with Crippen molar-refractivity contribution < 1.29 is 19.1 Å². The van der Waals surface area contributed by atoms with Crippen LogP contribution in [0.5, 0.6) is 0 Å². The summed E-state index contributed by atoms with van der Waals surface area (Å²) >= 11 is 0. The molecule has 0 spiro atoms. The van der Waals surface area contributed by atoms with E-state index in [0.717, 1.165) is 22.0 Å². The Balaban J connectivity index is 0.00000155. The average Bonchev–Trinajstić information content (AvgIpc) is 2.75. The van der Waals surface area contributed by atoms with Gasteiger partial charge in [0.2, 0.25) is 0 Å². The molecule has 0 heterocycles. The number of amides is 1. The van der Waals surface area contributed by atoms with Crippen LogP contribution in [0.25, 0.3) is 10.8 Å². The van der Waals surface area contributed by atoms with Crippen LogP contribution < -0.4 is 10.6 Å². The Labute approximate surface area is 174 Å². The SMILES string of the molecule is C#C.Cc1cc(F)ccc1NCCC(NC(=O)c1ccc2ccccc2c1)C(=O)O. The fourth-order valence-electron chi connectivity index (χ4n) is 3.01. The van der Waals surface area contributed by atoms with E-state index in [1.165, 1.54) is 12.1 Å². The Morgan fingerprint density at radius 3 is 2.40 bits per heavy atom. The summed E-state index contributed by atoms with van der Waals surface area (Å²) in [5, 5.41) is 17.0. The minimum atomic E-state index is -1.10. The lowest BCUT2D eigenvalue weighted by molar-refractivity contribution is -0.139. The van der Waals surface area contributed by atoms with E-state index >= 15 is 0 Å². The molecule has 3 aromatic carbocycles. The Morgan fingerprint density at radius 1 is 1.03 bits per heavy atom. The van der Waals surface area contributed by atoms with Crippen LogP contribution in [0, 0.1) is 25.6 Å². The summed E-state index contributed by atoms with van der Waals surface area (Å²) in [5.74, 6) is -1.86. The zero-order chi connectivity index (χ0) is 22.1. The van der Waals surface area contributed by atoms with Gasteiger partial charge in [0.1, 0.15) is 11.9 Å². The normalized spacial score (nSPS) is 11.1. The number of rotatable bonds is 7. The van der Waals surface area contributed by atoms with E-state index < -0.39 is 17.9 Å². The fourth-order valence-corrected chi connectivity index (χ4v) is 3.01. The standard InChI is InChI=1S/C22H21FN2O3.C2H2/c1-14-12-18(23)8-9-19(14)24-11-10-20(22(27)28)25-21(26)17-7-6-15-4-2-3-5-16(15)13-17;1-2/h2-9,12-13,20,24H,10-11H2,1H3,(H,25,26)(H,27,28);1-2H. The Morgan fingerprint density at radius 2 is 1.73 bits per heavy atom. The largest absolute Gasteiger partial charge is 0.480 e. The number of aliphatic carboxylic acids is 1. The first-order valence-electron chi connectivity index (χ1n) is 9.30. The van der Waals surface area contributed by atoms with Gasteiger partial charge in [-0.15, -0.1) is 12.8 Å². The number of carboxylic acids is 1. The highest BCUT2D eigenvalue weighted by molar-refractivity contribution is 6.00. The van der Waals surface area contributed by atoms with E-state index in [-0.39, 0.29) is 12.2 Å². The topological polar surface area (TPSA) is 78.4 Å². The van der Waals surface area contributed by atoms with Crippen molar-refractivity contribution in [2.45, 2.75) is 19.4 Å². The second-order valence-corrected chi connectivity index (χ2v) is 6.60. The number of terminal acetylenes is 1. The molecule has 3 N–H and O–H groups in total. The maximum atomic E-state index is 13.2. The molecule has 3 aromatic rings. The first-order valence-corrected chi connectivity index (χ1v) is 9.30. The Hall–Kier alpha value is -3.85. The molecule has 0 radical (unpaired) electrons. The summed E-state index contributed by atoms with van der Waals surface area (Å²) in [6.07, 6.45) is 8.19. The lowest BCUT2D eigenvalue weighted by atomic mass is 10.1. The van der Waals surface area contributed by atoms with Gasteiger partial charge < -0.3 is 15.7 Å². The van der Waals surface area contributed by atoms with E-state index in [9.17, 15) is 19.1 Å². The molecule has 0 aliphatic rings. The van der Waals surface area contributed by atoms with Crippen LogP contribution in [0.4, 0.5) is 10.1 Å². The molecule has 1 amide bonds. The van der Waals surface area contributed by atoms with Crippen LogP contribution in [-0.2, 0) is 4.79 Å². The van der Waals surface area contributed by atoms with Crippen molar-refractivity contribution in [3.63, 3.8) is 0 Å². The number of halogens is 1. The molecule has 0 saturated carbocycles. The van der Waals surface area contributed by atoms with Gasteiger partial charge in [0, 0.05) is 17.8 Å². The van der Waals surface area contributed by atoms with Gasteiger partial charge in [-0.1, -0.05) is 30.3 Å². The molecule has 5 nitrogen and oxygen atoms in total. The van der Waals surface area contributed by atoms with Gasteiger partial charge in [0.15, 0.2) is 0 Å². The van der Waals surface area contributed by atoms with Gasteiger partial charge in [0.05, 0.1) is 0 Å². The molecular weight excluding hydrogens is 383 g/mol. The maximum absolute atomic E-state index is 13.2. The van der Waals surface area contributed by atoms with Gasteiger partial charge in [-0.2, -0.15) is 0 Å². The first-order chi connectivity index (χ1) is 14.4. The van der Waals surface area contributed by atoms with Gasteiger partial charge in [0.25, 0.3) is 5.91 Å². The summed E-state index contributed by atoms with van der Waals surface area (Å²) in [4.78, 5) is 24.0. The Kier molecular flexibility index (Phi) is 7.95. The highest BCUT2D eigenvalue weighted by Crippen LogP contribution is 2.17. The van der Waals surface area contributed by atoms with Crippen LogP contribution in [-0.4, -0.2) is 29.6 Å². The number of carbonyl (C=O) groups is 2. The summed E-state index contributed by atoms with van der Waals surface area (Å²) in [6, 6.07) is 16.2. The molecule has 0 aromatic heterocycles. The zero-order valence-electron chi connectivity index (χ0n) is 16.6. The molecule has 0 aliphatic heterocycles. The summed E-state index contributed by atoms with van der Waals surface area (Å²) in [5.41, 5.74) is 1.87. The number of hydrogen-bond donors (Lipinski definition) is 3. The minimum Gasteiger partial charge on any atom is -0.480 e. The number of anilines is 1. The zero-order valence-corrected chi connectivity index (χ0v) is 16.6. The van der Waals surface area contributed by atoms with Crippen molar-refractivity contribution >= 4 is 28.3 Å². The number of benzene rings is 3. The van der Waals surface area contributed by atoms with Gasteiger partial charge in [-0.25, -0.2) is 9.18 Å². The first kappa shape index (κ1) is 22.4. The fraction of sp³-hybridized carbons (Fsp3) is 0.167. The lowest BCUT2D eigenvalue weighted by Gasteiger charge is -2.16. The van der Waals surface area contributed by atoms with E-state index in [1.54, 1.807) is 25.1 Å². The van der Waals surface area contributed by atoms with E-state index in [0.29, 0.717) is 12.1 Å². The summed E-state index contributed by atoms with van der Waals surface area (Å²) < 4.78 is 13.2. The minimum absolute atomic E-state index is 0.186. The Bertz CT molecular complexity index is 1060. The van der Waals surface area contributed by atoms with Crippen molar-refractivity contribution in [1.82, 2.24) is 5.32 Å². The molecular formula is C24H23FN2O3. The predicted molar refractivity (Wildman–Crippen MR) is 117 cm³/mol. The number of carbonyl (C=O) groups excluding carboxylic acids is 1. The second-order valence-electron chi connectivity index (χ2n) is 6.60. The highest BCUT2D eigenvalue weighted by Gasteiger charge is 2.20. The molecule has 1 atom stereocenters. The van der Waals surface area contributed by atoms with Gasteiger partial charge in [-0.05, 0) is 60.0 Å². The van der Waals surface area contributed by atoms with Crippen LogP contribution in [0.15, 0.2) is 60.7 Å². The second kappa shape index (κ2) is 10.6. The third-order valence-corrected chi connectivity index (χ3v) is 4.55. The molecule has 154 valence electrons. The molecule has 30 heavy (non-hydrogen) atoms. The van der Waals surface area contributed by atoms with Crippen LogP contribution in [0.1, 0.15) is 22.3 Å². The van der Waals surface area contributed by atoms with Crippen molar-refractivity contribution in [3.8, 4) is 12.8 Å². The molecule has 1 unspecified atom stereocenters. The van der Waals surface area contributed by atoms with Crippen LogP contribution in [0.3, 0.4) is 0 Å². The smallest absolute Gasteiger partial charge is 0.326 e. The third-order valence-electron chi connectivity index (χ3n) is 4.55. The van der Waals surface area contributed by atoms with E-state index in [1.807, 2.05) is 30.3 Å². The number of nitrogens with one attached hydrogen (secondary N) is 2. The monoisotopic (exact) mass is 406 g/mol. The van der Waals surface area contributed by atoms with Crippen LogP contribution in [0.2, 0.25) is 0 Å². The highest BCUT2D eigenvalue weighted by atomic mass is 19.1.